The highest BCUT2D eigenvalue weighted by molar-refractivity contribution is 7.17. The molecule has 2 amide bonds. The number of aromatic nitrogens is 2. The molecule has 2 aromatic rings. The molecule has 0 bridgehead atoms. The molecule has 0 spiro atoms. The van der Waals surface area contributed by atoms with Gasteiger partial charge in [0.25, 0.3) is 11.8 Å². The van der Waals surface area contributed by atoms with Crippen molar-refractivity contribution in [2.45, 2.75) is 70.6 Å². The van der Waals surface area contributed by atoms with E-state index >= 15 is 0 Å². The van der Waals surface area contributed by atoms with E-state index in [0.717, 1.165) is 6.92 Å². The highest BCUT2D eigenvalue weighted by atomic mass is 32.1. The van der Waals surface area contributed by atoms with Crippen molar-refractivity contribution in [3.63, 3.8) is 0 Å². The lowest BCUT2D eigenvalue weighted by Gasteiger charge is -2.22. The Morgan fingerprint density at radius 1 is 1.24 bits per heavy atom. The van der Waals surface area contributed by atoms with Crippen molar-refractivity contribution in [1.82, 2.24) is 20.2 Å². The Balaban J connectivity index is 2.12. The van der Waals surface area contributed by atoms with E-state index in [-0.39, 0.29) is 22.5 Å². The van der Waals surface area contributed by atoms with Gasteiger partial charge in [0.2, 0.25) is 0 Å². The fourth-order valence-corrected chi connectivity index (χ4v) is 4.74. The SMILES string of the molecule is C[C@H](Nc1cc(C(F)(F)F)c(-c2sc(C(=O)NCC(C)(C)O)nc2C(=O)N2CCC[C@@H]2C)cn1)C(F)(F)F. The molecular weight excluding hydrogens is 540 g/mol. The van der Waals surface area contributed by atoms with Crippen LogP contribution in [0.1, 0.15) is 66.4 Å². The summed E-state index contributed by atoms with van der Waals surface area (Å²) in [6, 6.07) is -1.96. The number of likely N-dealkylation sites (tertiary alicyclic amines) is 1. The number of amides is 2. The Morgan fingerprint density at radius 2 is 1.89 bits per heavy atom. The Morgan fingerprint density at radius 3 is 2.42 bits per heavy atom. The smallest absolute Gasteiger partial charge is 0.389 e. The molecule has 1 fully saturated rings. The number of carbonyl (C=O) groups is 2. The van der Waals surface area contributed by atoms with Crippen LogP contribution >= 0.6 is 11.3 Å². The minimum absolute atomic E-state index is 0.194. The average molecular weight is 568 g/mol. The molecule has 1 aliphatic rings. The minimum atomic E-state index is -5.04. The fourth-order valence-electron chi connectivity index (χ4n) is 3.74. The summed E-state index contributed by atoms with van der Waals surface area (Å²) in [5.74, 6) is -2.16. The van der Waals surface area contributed by atoms with Crippen molar-refractivity contribution in [1.29, 1.82) is 0 Å². The van der Waals surface area contributed by atoms with Crippen LogP contribution in [-0.4, -0.2) is 68.7 Å². The highest BCUT2D eigenvalue weighted by Gasteiger charge is 2.40. The van der Waals surface area contributed by atoms with Crippen molar-refractivity contribution >= 4 is 29.0 Å². The molecule has 15 heteroatoms. The van der Waals surface area contributed by atoms with Crippen LogP contribution in [0.15, 0.2) is 12.3 Å². The largest absolute Gasteiger partial charge is 0.417 e. The van der Waals surface area contributed by atoms with Gasteiger partial charge >= 0.3 is 12.4 Å². The van der Waals surface area contributed by atoms with E-state index in [4.69, 9.17) is 0 Å². The second-order valence-electron chi connectivity index (χ2n) is 9.70. The lowest BCUT2D eigenvalue weighted by molar-refractivity contribution is -0.138. The molecular formula is C23H27F6N5O3S. The van der Waals surface area contributed by atoms with Crippen LogP contribution < -0.4 is 10.6 Å². The molecule has 2 aromatic heterocycles. The van der Waals surface area contributed by atoms with Gasteiger partial charge in [-0.2, -0.15) is 26.3 Å². The number of hydrogen-bond donors (Lipinski definition) is 3. The first kappa shape index (κ1) is 29.6. The van der Waals surface area contributed by atoms with Gasteiger partial charge in [-0.15, -0.1) is 11.3 Å². The lowest BCUT2D eigenvalue weighted by Crippen LogP contribution is -2.38. The van der Waals surface area contributed by atoms with Gasteiger partial charge in [0, 0.05) is 30.9 Å². The number of nitrogens with one attached hydrogen (secondary N) is 2. The second kappa shape index (κ2) is 10.7. The summed E-state index contributed by atoms with van der Waals surface area (Å²) in [6.07, 6.45) is -7.70. The van der Waals surface area contributed by atoms with Gasteiger partial charge in [0.1, 0.15) is 17.6 Å². The highest BCUT2D eigenvalue weighted by Crippen LogP contribution is 2.42. The first-order chi connectivity index (χ1) is 17.4. The Labute approximate surface area is 218 Å². The molecule has 2 atom stereocenters. The van der Waals surface area contributed by atoms with Crippen molar-refractivity contribution in [2.24, 2.45) is 0 Å². The van der Waals surface area contributed by atoms with Crippen LogP contribution in [0.2, 0.25) is 0 Å². The number of aliphatic hydroxyl groups is 1. The maximum absolute atomic E-state index is 14.1. The number of halogens is 6. The molecule has 1 saturated heterocycles. The molecule has 1 aliphatic heterocycles. The Hall–Kier alpha value is -2.94. The number of nitrogens with zero attached hydrogens (tertiary/aromatic N) is 3. The summed E-state index contributed by atoms with van der Waals surface area (Å²) in [6.45, 7) is 5.53. The zero-order valence-electron chi connectivity index (χ0n) is 20.9. The van der Waals surface area contributed by atoms with Crippen LogP contribution in [0.4, 0.5) is 32.2 Å². The average Bonchev–Trinajstić information content (AvgIpc) is 3.42. The quantitative estimate of drug-likeness (QED) is 0.419. The molecule has 3 heterocycles. The van der Waals surface area contributed by atoms with Crippen molar-refractivity contribution in [3.8, 4) is 10.4 Å². The van der Waals surface area contributed by atoms with E-state index in [1.54, 1.807) is 6.92 Å². The topological polar surface area (TPSA) is 107 Å². The number of rotatable bonds is 7. The predicted octanol–water partition coefficient (Wildman–Crippen LogP) is 4.71. The Bertz CT molecular complexity index is 1190. The van der Waals surface area contributed by atoms with E-state index in [9.17, 15) is 41.0 Å². The van der Waals surface area contributed by atoms with Gasteiger partial charge < -0.3 is 20.6 Å². The standard InChI is InChI=1S/C23H27F6N5O3S/c1-11-6-5-7-34(11)20(36)16-17(38-19(33-16)18(35)31-10-21(3,4)37)13-9-30-15(8-14(13)23(27,28)29)32-12(2)22(24,25)26/h8-9,11-12,37H,5-7,10H2,1-4H3,(H,30,32)(H,31,35)/t11-,12-/m0/s1. The van der Waals surface area contributed by atoms with E-state index in [1.807, 2.05) is 5.32 Å². The van der Waals surface area contributed by atoms with Crippen LogP contribution in [0.3, 0.4) is 0 Å². The molecule has 0 aliphatic carbocycles. The van der Waals surface area contributed by atoms with Crippen molar-refractivity contribution in [3.05, 3.63) is 28.5 Å². The Kier molecular flexibility index (Phi) is 8.32. The number of hydrogen-bond acceptors (Lipinski definition) is 7. The van der Waals surface area contributed by atoms with Crippen LogP contribution in [-0.2, 0) is 6.18 Å². The molecule has 210 valence electrons. The summed E-state index contributed by atoms with van der Waals surface area (Å²) < 4.78 is 81.1. The van der Waals surface area contributed by atoms with E-state index in [1.165, 1.54) is 18.7 Å². The summed E-state index contributed by atoms with van der Waals surface area (Å²) in [5, 5.41) is 13.9. The maximum Gasteiger partial charge on any atom is 0.417 e. The third-order valence-corrected chi connectivity index (χ3v) is 6.92. The predicted molar refractivity (Wildman–Crippen MR) is 128 cm³/mol. The zero-order valence-corrected chi connectivity index (χ0v) is 21.7. The maximum atomic E-state index is 14.1. The van der Waals surface area contributed by atoms with Crippen molar-refractivity contribution < 1.29 is 41.0 Å². The summed E-state index contributed by atoms with van der Waals surface area (Å²) in [7, 11) is 0. The summed E-state index contributed by atoms with van der Waals surface area (Å²) in [4.78, 5) is 35.0. The normalized spacial score (nSPS) is 17.4. The van der Waals surface area contributed by atoms with Crippen LogP contribution in [0.25, 0.3) is 10.4 Å². The van der Waals surface area contributed by atoms with Gasteiger partial charge in [-0.1, -0.05) is 0 Å². The van der Waals surface area contributed by atoms with E-state index in [2.05, 4.69) is 15.3 Å². The molecule has 0 unspecified atom stereocenters. The third-order valence-electron chi connectivity index (χ3n) is 5.83. The lowest BCUT2D eigenvalue weighted by atomic mass is 10.1. The molecule has 0 saturated carbocycles. The summed E-state index contributed by atoms with van der Waals surface area (Å²) in [5.41, 5.74) is -3.63. The third kappa shape index (κ3) is 6.92. The van der Waals surface area contributed by atoms with Gasteiger partial charge in [0.05, 0.1) is 16.0 Å². The van der Waals surface area contributed by atoms with E-state index in [0.29, 0.717) is 43.0 Å². The fraction of sp³-hybridized carbons (Fsp3) is 0.565. The molecule has 38 heavy (non-hydrogen) atoms. The number of thiazole rings is 1. The molecule has 0 aromatic carbocycles. The van der Waals surface area contributed by atoms with Gasteiger partial charge in [-0.3, -0.25) is 9.59 Å². The zero-order chi connectivity index (χ0) is 28.6. The monoisotopic (exact) mass is 567 g/mol. The van der Waals surface area contributed by atoms with Crippen molar-refractivity contribution in [2.75, 3.05) is 18.4 Å². The van der Waals surface area contributed by atoms with Gasteiger partial charge in [-0.05, 0) is 46.6 Å². The number of pyridine rings is 1. The summed E-state index contributed by atoms with van der Waals surface area (Å²) >= 11 is 0.521. The molecule has 3 rings (SSSR count). The van der Waals surface area contributed by atoms with Crippen LogP contribution in [0.5, 0.6) is 0 Å². The second-order valence-corrected chi connectivity index (χ2v) is 10.7. The number of anilines is 1. The first-order valence-electron chi connectivity index (χ1n) is 11.6. The van der Waals surface area contributed by atoms with Gasteiger partial charge in [0.15, 0.2) is 5.01 Å². The van der Waals surface area contributed by atoms with Gasteiger partial charge in [-0.25, -0.2) is 9.97 Å². The number of carbonyl (C=O) groups excluding carboxylic acids is 2. The van der Waals surface area contributed by atoms with Crippen LogP contribution in [0, 0.1) is 0 Å². The molecule has 3 N–H and O–H groups in total. The molecule has 0 radical (unpaired) electrons. The first-order valence-corrected chi connectivity index (χ1v) is 12.4. The molecule has 8 nitrogen and oxygen atoms in total. The number of alkyl halides is 6. The van der Waals surface area contributed by atoms with E-state index < -0.39 is 58.4 Å². The minimum Gasteiger partial charge on any atom is -0.389 e.